The highest BCUT2D eigenvalue weighted by atomic mass is 16.5. The number of carbonyl (C=O) groups excluding carboxylic acids is 5. The topological polar surface area (TPSA) is 146 Å². The van der Waals surface area contributed by atoms with Gasteiger partial charge in [-0.15, -0.1) is 0 Å². The van der Waals surface area contributed by atoms with Crippen LogP contribution in [-0.4, -0.2) is 78.5 Å². The first-order valence-corrected chi connectivity index (χ1v) is 11.2. The van der Waals surface area contributed by atoms with Gasteiger partial charge < -0.3 is 25.6 Å². The predicted octanol–water partition coefficient (Wildman–Crippen LogP) is -0.742. The van der Waals surface area contributed by atoms with Crippen LogP contribution in [0, 0.1) is 11.8 Å². The van der Waals surface area contributed by atoms with E-state index in [9.17, 15) is 24.0 Å². The highest BCUT2D eigenvalue weighted by Crippen LogP contribution is 2.35. The van der Waals surface area contributed by atoms with Crippen molar-refractivity contribution in [2.45, 2.75) is 70.6 Å². The van der Waals surface area contributed by atoms with Crippen molar-refractivity contribution in [1.82, 2.24) is 26.2 Å². The van der Waals surface area contributed by atoms with Gasteiger partial charge in [0.05, 0.1) is 19.3 Å². The van der Waals surface area contributed by atoms with Crippen LogP contribution >= 0.6 is 0 Å². The molecule has 32 heavy (non-hydrogen) atoms. The Balaban J connectivity index is 1.59. The Hall–Kier alpha value is -2.69. The van der Waals surface area contributed by atoms with E-state index < -0.39 is 24.0 Å². The Labute approximate surface area is 187 Å². The van der Waals surface area contributed by atoms with Crippen molar-refractivity contribution in [2.24, 2.45) is 11.8 Å². The molecule has 5 atom stereocenters. The monoisotopic (exact) mass is 451 g/mol. The van der Waals surface area contributed by atoms with E-state index in [1.807, 2.05) is 13.8 Å². The number of nitrogens with zero attached hydrogens (tertiary/aromatic N) is 1. The molecular formula is C21H33N5O6. The second kappa shape index (κ2) is 10.3. The van der Waals surface area contributed by atoms with E-state index in [0.29, 0.717) is 26.1 Å². The molecule has 5 unspecified atom stereocenters. The van der Waals surface area contributed by atoms with Crippen molar-refractivity contribution in [3.8, 4) is 0 Å². The minimum absolute atomic E-state index is 0.0572. The van der Waals surface area contributed by atoms with Crippen molar-refractivity contribution < 1.29 is 28.7 Å². The fourth-order valence-corrected chi connectivity index (χ4v) is 4.77. The fraction of sp³-hybridized carbons (Fsp3) is 0.762. The number of hydrogen-bond donors (Lipinski definition) is 4. The van der Waals surface area contributed by atoms with E-state index in [2.05, 4.69) is 21.3 Å². The summed E-state index contributed by atoms with van der Waals surface area (Å²) < 4.78 is 5.55. The second-order valence-corrected chi connectivity index (χ2v) is 9.24. The van der Waals surface area contributed by atoms with Gasteiger partial charge in [0, 0.05) is 31.8 Å². The number of amides is 6. The highest BCUT2D eigenvalue weighted by molar-refractivity contribution is 6.04. The van der Waals surface area contributed by atoms with Crippen LogP contribution in [0.3, 0.4) is 0 Å². The highest BCUT2D eigenvalue weighted by Gasteiger charge is 2.46. The van der Waals surface area contributed by atoms with Gasteiger partial charge in [0.15, 0.2) is 0 Å². The van der Waals surface area contributed by atoms with Crippen molar-refractivity contribution in [3.05, 3.63) is 0 Å². The lowest BCUT2D eigenvalue weighted by Gasteiger charge is -2.30. The van der Waals surface area contributed by atoms with Crippen LogP contribution in [0.15, 0.2) is 0 Å². The van der Waals surface area contributed by atoms with E-state index >= 15 is 0 Å². The van der Waals surface area contributed by atoms with Gasteiger partial charge >= 0.3 is 6.03 Å². The summed E-state index contributed by atoms with van der Waals surface area (Å²) in [5.74, 6) is -0.650. The molecule has 0 aromatic rings. The molecule has 3 rings (SSSR count). The molecule has 0 aromatic carbocycles. The third-order valence-electron chi connectivity index (χ3n) is 6.20. The Kier molecular flexibility index (Phi) is 7.70. The first-order chi connectivity index (χ1) is 15.2. The molecule has 6 amide bonds. The van der Waals surface area contributed by atoms with E-state index in [0.717, 1.165) is 0 Å². The molecule has 3 aliphatic rings. The number of hydrogen-bond acceptors (Lipinski definition) is 6. The number of carbonyl (C=O) groups is 5. The largest absolute Gasteiger partial charge is 0.379 e. The molecule has 4 N–H and O–H groups in total. The minimum atomic E-state index is -0.711. The number of rotatable bonds is 9. The average molecular weight is 452 g/mol. The average Bonchev–Trinajstić information content (AvgIpc) is 3.36. The second-order valence-electron chi connectivity index (χ2n) is 9.24. The van der Waals surface area contributed by atoms with Gasteiger partial charge in [-0.2, -0.15) is 0 Å². The standard InChI is InChI=1S/C21H33N5O6/c1-11(2)6-16(23-12(3)27)19(29)22-8-14-7-13-9-32-10-17(13)26(14)18(28)5-4-15-20(30)25-21(31)24-15/h11,13-17H,4-10H2,1-3H3,(H,22,29)(H,23,27)(H2,24,25,30,31). The Morgan fingerprint density at radius 1 is 1.22 bits per heavy atom. The Morgan fingerprint density at radius 3 is 2.59 bits per heavy atom. The molecular weight excluding hydrogens is 418 g/mol. The molecule has 3 heterocycles. The number of likely N-dealkylation sites (tertiary alicyclic amines) is 1. The van der Waals surface area contributed by atoms with Crippen molar-refractivity contribution >= 4 is 29.7 Å². The van der Waals surface area contributed by atoms with Gasteiger partial charge in [-0.1, -0.05) is 13.8 Å². The lowest BCUT2D eigenvalue weighted by molar-refractivity contribution is -0.135. The van der Waals surface area contributed by atoms with Crippen molar-refractivity contribution in [1.29, 1.82) is 0 Å². The SMILES string of the molecule is CC(=O)NC(CC(C)C)C(=O)NCC1CC2COCC2N1C(=O)CCC1NC(=O)NC1=O. The lowest BCUT2D eigenvalue weighted by atomic mass is 10.0. The van der Waals surface area contributed by atoms with Crippen LogP contribution in [0.5, 0.6) is 0 Å². The van der Waals surface area contributed by atoms with E-state index in [-0.39, 0.29) is 61.0 Å². The maximum Gasteiger partial charge on any atom is 0.322 e. The predicted molar refractivity (Wildman–Crippen MR) is 113 cm³/mol. The van der Waals surface area contributed by atoms with Crippen LogP contribution in [0.2, 0.25) is 0 Å². The number of urea groups is 1. The molecule has 3 saturated heterocycles. The van der Waals surface area contributed by atoms with Gasteiger partial charge in [-0.25, -0.2) is 4.79 Å². The molecule has 3 aliphatic heterocycles. The zero-order chi connectivity index (χ0) is 23.4. The minimum Gasteiger partial charge on any atom is -0.379 e. The van der Waals surface area contributed by atoms with E-state index in [4.69, 9.17) is 4.74 Å². The van der Waals surface area contributed by atoms with Gasteiger partial charge in [-0.3, -0.25) is 24.5 Å². The van der Waals surface area contributed by atoms with E-state index in [1.165, 1.54) is 6.92 Å². The summed E-state index contributed by atoms with van der Waals surface area (Å²) in [4.78, 5) is 62.1. The summed E-state index contributed by atoms with van der Waals surface area (Å²) in [6, 6.07) is -2.12. The summed E-state index contributed by atoms with van der Waals surface area (Å²) in [6.45, 7) is 6.64. The maximum atomic E-state index is 13.1. The zero-order valence-corrected chi connectivity index (χ0v) is 18.8. The summed E-state index contributed by atoms with van der Waals surface area (Å²) in [5, 5.41) is 10.3. The molecule has 0 aliphatic carbocycles. The number of ether oxygens (including phenoxy) is 1. The van der Waals surface area contributed by atoms with Crippen LogP contribution < -0.4 is 21.3 Å². The summed E-state index contributed by atoms with van der Waals surface area (Å²) in [7, 11) is 0. The normalized spacial score (nSPS) is 27.7. The molecule has 178 valence electrons. The fourth-order valence-electron chi connectivity index (χ4n) is 4.77. The molecule has 0 bridgehead atoms. The summed E-state index contributed by atoms with van der Waals surface area (Å²) in [5.41, 5.74) is 0. The number of fused-ring (bicyclic) bond motifs is 1. The van der Waals surface area contributed by atoms with Crippen LogP contribution in [0.4, 0.5) is 4.79 Å². The van der Waals surface area contributed by atoms with Crippen molar-refractivity contribution in [3.63, 3.8) is 0 Å². The van der Waals surface area contributed by atoms with Gasteiger partial charge in [0.2, 0.25) is 17.7 Å². The summed E-state index contributed by atoms with van der Waals surface area (Å²) in [6.07, 6.45) is 1.55. The van der Waals surface area contributed by atoms with Crippen molar-refractivity contribution in [2.75, 3.05) is 19.8 Å². The molecule has 0 spiro atoms. The van der Waals surface area contributed by atoms with Gasteiger partial charge in [-0.05, 0) is 25.2 Å². The third-order valence-corrected chi connectivity index (χ3v) is 6.20. The Bertz CT molecular complexity index is 772. The third kappa shape index (κ3) is 5.76. The van der Waals surface area contributed by atoms with Crippen LogP contribution in [0.1, 0.15) is 46.5 Å². The number of nitrogens with one attached hydrogen (secondary N) is 4. The molecule has 11 nitrogen and oxygen atoms in total. The molecule has 0 aromatic heterocycles. The molecule has 0 radical (unpaired) electrons. The van der Waals surface area contributed by atoms with E-state index in [1.54, 1.807) is 4.90 Å². The molecule has 0 saturated carbocycles. The molecule has 3 fully saturated rings. The van der Waals surface area contributed by atoms with Crippen LogP contribution in [0.25, 0.3) is 0 Å². The Morgan fingerprint density at radius 2 is 1.97 bits per heavy atom. The first kappa shape index (κ1) is 24.0. The van der Waals surface area contributed by atoms with Crippen LogP contribution in [-0.2, 0) is 23.9 Å². The lowest BCUT2D eigenvalue weighted by Crippen LogP contribution is -2.52. The molecule has 11 heteroatoms. The maximum absolute atomic E-state index is 13.1. The smallest absolute Gasteiger partial charge is 0.322 e. The summed E-state index contributed by atoms with van der Waals surface area (Å²) >= 11 is 0. The zero-order valence-electron chi connectivity index (χ0n) is 18.8. The van der Waals surface area contributed by atoms with Gasteiger partial charge in [0.25, 0.3) is 5.91 Å². The first-order valence-electron chi connectivity index (χ1n) is 11.2. The van der Waals surface area contributed by atoms with Gasteiger partial charge in [0.1, 0.15) is 12.1 Å². The number of imide groups is 1. The quantitative estimate of drug-likeness (QED) is 0.340.